The maximum absolute atomic E-state index is 12.6. The molecule has 19 heavy (non-hydrogen) atoms. The number of hydrogen-bond acceptors (Lipinski definition) is 2. The lowest BCUT2D eigenvalue weighted by molar-refractivity contribution is 0.0819. The number of halogens is 1. The van der Waals surface area contributed by atoms with E-state index in [2.05, 4.69) is 27.8 Å². The summed E-state index contributed by atoms with van der Waals surface area (Å²) < 4.78 is 1.02. The molecule has 2 fully saturated rings. The predicted molar refractivity (Wildman–Crippen MR) is 80.4 cm³/mol. The topological polar surface area (TPSA) is 20.3 Å². The van der Waals surface area contributed by atoms with Gasteiger partial charge in [0.05, 0.1) is 6.04 Å². The molecule has 0 bridgehead atoms. The second-order valence-corrected chi connectivity index (χ2v) is 6.83. The van der Waals surface area contributed by atoms with Crippen LogP contribution in [0.15, 0.2) is 28.7 Å². The molecule has 0 aliphatic heterocycles. The van der Waals surface area contributed by atoms with Gasteiger partial charge in [-0.3, -0.25) is 9.69 Å². The van der Waals surface area contributed by atoms with Crippen LogP contribution in [0.25, 0.3) is 0 Å². The van der Waals surface area contributed by atoms with E-state index in [0.717, 1.165) is 22.5 Å². The van der Waals surface area contributed by atoms with E-state index in [-0.39, 0.29) is 11.8 Å². The maximum Gasteiger partial charge on any atom is 0.179 e. The van der Waals surface area contributed by atoms with Crippen LogP contribution in [0, 0.1) is 5.92 Å². The largest absolute Gasteiger partial charge is 0.292 e. The Morgan fingerprint density at radius 2 is 1.89 bits per heavy atom. The van der Waals surface area contributed by atoms with Crippen molar-refractivity contribution in [3.63, 3.8) is 0 Å². The molecule has 1 unspecified atom stereocenters. The summed E-state index contributed by atoms with van der Waals surface area (Å²) in [5, 5.41) is 0. The number of carbonyl (C=O) groups excluding carboxylic acids is 1. The highest BCUT2D eigenvalue weighted by molar-refractivity contribution is 9.10. The van der Waals surface area contributed by atoms with E-state index in [0.29, 0.717) is 6.04 Å². The molecule has 2 nitrogen and oxygen atoms in total. The second-order valence-electron chi connectivity index (χ2n) is 5.92. The Bertz CT molecular complexity index is 462. The highest BCUT2D eigenvalue weighted by Crippen LogP contribution is 2.36. The van der Waals surface area contributed by atoms with E-state index in [4.69, 9.17) is 0 Å². The van der Waals surface area contributed by atoms with Crippen LogP contribution < -0.4 is 0 Å². The molecule has 3 heteroatoms. The quantitative estimate of drug-likeness (QED) is 0.741. The van der Waals surface area contributed by atoms with Crippen LogP contribution in [0.1, 0.15) is 43.0 Å². The summed E-state index contributed by atoms with van der Waals surface area (Å²) in [4.78, 5) is 15.0. The third kappa shape index (κ3) is 3.26. The number of carbonyl (C=O) groups is 1. The van der Waals surface area contributed by atoms with Gasteiger partial charge in [-0.25, -0.2) is 0 Å². The van der Waals surface area contributed by atoms with Crippen molar-refractivity contribution in [2.45, 2.75) is 44.7 Å². The van der Waals surface area contributed by atoms with Crippen LogP contribution in [-0.4, -0.2) is 29.3 Å². The molecule has 0 aromatic heterocycles. The number of nitrogens with zero attached hydrogens (tertiary/aromatic N) is 1. The van der Waals surface area contributed by atoms with Gasteiger partial charge in [0.1, 0.15) is 0 Å². The first kappa shape index (κ1) is 13.3. The summed E-state index contributed by atoms with van der Waals surface area (Å²) in [5.74, 6) is 1.11. The van der Waals surface area contributed by atoms with Gasteiger partial charge in [-0.15, -0.1) is 0 Å². The van der Waals surface area contributed by atoms with Crippen molar-refractivity contribution in [2.75, 3.05) is 6.54 Å². The number of ketones is 1. The highest BCUT2D eigenvalue weighted by atomic mass is 79.9. The third-order valence-electron chi connectivity index (χ3n) is 4.19. The Labute approximate surface area is 123 Å². The molecule has 1 aromatic carbocycles. The van der Waals surface area contributed by atoms with Gasteiger partial charge >= 0.3 is 0 Å². The first-order valence-corrected chi connectivity index (χ1v) is 8.00. The number of hydrogen-bond donors (Lipinski definition) is 0. The average Bonchev–Trinajstić information content (AvgIpc) is 3.28. The van der Waals surface area contributed by atoms with Gasteiger partial charge in [-0.05, 0) is 50.7 Å². The summed E-state index contributed by atoms with van der Waals surface area (Å²) in [7, 11) is 0. The molecule has 0 heterocycles. The summed E-state index contributed by atoms with van der Waals surface area (Å²) in [6, 6.07) is 8.42. The van der Waals surface area contributed by atoms with Crippen molar-refractivity contribution in [2.24, 2.45) is 5.92 Å². The van der Waals surface area contributed by atoms with Crippen LogP contribution in [0.3, 0.4) is 0 Å². The first-order chi connectivity index (χ1) is 9.15. The molecule has 0 amide bonds. The zero-order valence-electron chi connectivity index (χ0n) is 11.3. The van der Waals surface area contributed by atoms with E-state index in [1.807, 2.05) is 24.3 Å². The minimum Gasteiger partial charge on any atom is -0.292 e. The van der Waals surface area contributed by atoms with E-state index >= 15 is 0 Å². The molecule has 102 valence electrons. The molecule has 0 saturated heterocycles. The molecule has 2 aliphatic carbocycles. The van der Waals surface area contributed by atoms with Crippen LogP contribution >= 0.6 is 15.9 Å². The summed E-state index contributed by atoms with van der Waals surface area (Å²) in [6.07, 6.45) is 5.24. The molecule has 0 N–H and O–H groups in total. The molecule has 1 atom stereocenters. The lowest BCUT2D eigenvalue weighted by atomic mass is 10.0. The lowest BCUT2D eigenvalue weighted by Crippen LogP contribution is -2.41. The molecule has 2 saturated carbocycles. The van der Waals surface area contributed by atoms with Gasteiger partial charge in [0.15, 0.2) is 5.78 Å². The Balaban J connectivity index is 1.71. The minimum absolute atomic E-state index is 0.0225. The standard InChI is InChI=1S/C16H20BrNO/c1-11(16(19)13-4-6-14(17)7-5-13)18(15-8-9-15)10-12-2-3-12/h4-7,11-12,15H,2-3,8-10H2,1H3. The summed E-state index contributed by atoms with van der Waals surface area (Å²) >= 11 is 3.41. The fourth-order valence-electron chi connectivity index (χ4n) is 2.63. The minimum atomic E-state index is 0.0225. The monoisotopic (exact) mass is 321 g/mol. The second kappa shape index (κ2) is 5.37. The van der Waals surface area contributed by atoms with E-state index in [9.17, 15) is 4.79 Å². The third-order valence-corrected chi connectivity index (χ3v) is 4.72. The van der Waals surface area contributed by atoms with Crippen molar-refractivity contribution in [3.05, 3.63) is 34.3 Å². The van der Waals surface area contributed by atoms with Gasteiger partial charge in [-0.2, -0.15) is 0 Å². The number of Topliss-reactive ketones (excluding diaryl/α,β-unsaturated/α-hetero) is 1. The van der Waals surface area contributed by atoms with Crippen LogP contribution in [0.2, 0.25) is 0 Å². The molecule has 0 spiro atoms. The van der Waals surface area contributed by atoms with Crippen molar-refractivity contribution >= 4 is 21.7 Å². The Hall–Kier alpha value is -0.670. The molecule has 3 rings (SSSR count). The van der Waals surface area contributed by atoms with Gasteiger partial charge in [0.25, 0.3) is 0 Å². The smallest absolute Gasteiger partial charge is 0.179 e. The van der Waals surface area contributed by atoms with Crippen molar-refractivity contribution < 1.29 is 4.79 Å². The average molecular weight is 322 g/mol. The molecule has 1 aromatic rings. The van der Waals surface area contributed by atoms with Gasteiger partial charge < -0.3 is 0 Å². The summed E-state index contributed by atoms with van der Waals surface area (Å²) in [5.41, 5.74) is 0.831. The van der Waals surface area contributed by atoms with Crippen molar-refractivity contribution in [1.82, 2.24) is 4.90 Å². The lowest BCUT2D eigenvalue weighted by Gasteiger charge is -2.28. The van der Waals surface area contributed by atoms with E-state index in [1.165, 1.54) is 25.7 Å². The van der Waals surface area contributed by atoms with E-state index in [1.54, 1.807) is 0 Å². The zero-order valence-corrected chi connectivity index (χ0v) is 12.9. The van der Waals surface area contributed by atoms with Gasteiger partial charge in [-0.1, -0.05) is 28.1 Å². The van der Waals surface area contributed by atoms with Crippen LogP contribution in [-0.2, 0) is 0 Å². The maximum atomic E-state index is 12.6. The van der Waals surface area contributed by atoms with Crippen LogP contribution in [0.4, 0.5) is 0 Å². The Kier molecular flexibility index (Phi) is 3.77. The molecular weight excluding hydrogens is 302 g/mol. The van der Waals surface area contributed by atoms with Gasteiger partial charge in [0.2, 0.25) is 0 Å². The Morgan fingerprint density at radius 1 is 1.26 bits per heavy atom. The SMILES string of the molecule is CC(C(=O)c1ccc(Br)cc1)N(CC1CC1)C1CC1. The highest BCUT2D eigenvalue weighted by Gasteiger charge is 2.38. The van der Waals surface area contributed by atoms with Crippen LogP contribution in [0.5, 0.6) is 0 Å². The van der Waals surface area contributed by atoms with Crippen molar-refractivity contribution in [1.29, 1.82) is 0 Å². The molecular formula is C16H20BrNO. The number of benzene rings is 1. The fourth-order valence-corrected chi connectivity index (χ4v) is 2.90. The Morgan fingerprint density at radius 3 is 2.42 bits per heavy atom. The fraction of sp³-hybridized carbons (Fsp3) is 0.562. The first-order valence-electron chi connectivity index (χ1n) is 7.20. The molecule has 0 radical (unpaired) electrons. The normalized spacial score (nSPS) is 20.6. The summed E-state index contributed by atoms with van der Waals surface area (Å²) in [6.45, 7) is 3.19. The van der Waals surface area contributed by atoms with Gasteiger partial charge in [0, 0.05) is 22.6 Å². The molecule has 2 aliphatic rings. The van der Waals surface area contributed by atoms with Crippen molar-refractivity contribution in [3.8, 4) is 0 Å². The number of rotatable bonds is 6. The predicted octanol–water partition coefficient (Wildman–Crippen LogP) is 3.89. The zero-order chi connectivity index (χ0) is 13.4. The van der Waals surface area contributed by atoms with E-state index < -0.39 is 0 Å².